The zero-order valence-corrected chi connectivity index (χ0v) is 11.2. The third-order valence-corrected chi connectivity index (χ3v) is 4.44. The number of carboxylic acids is 1. The molecule has 2 heterocycles. The SMILES string of the molecule is CC1CN(C(=O)NC2(C(=O)O)CCOC2)CCS1. The van der Waals surface area contributed by atoms with Crippen LogP contribution in [0.15, 0.2) is 0 Å². The van der Waals surface area contributed by atoms with E-state index in [-0.39, 0.29) is 12.6 Å². The van der Waals surface area contributed by atoms with Crippen molar-refractivity contribution in [2.24, 2.45) is 0 Å². The van der Waals surface area contributed by atoms with Crippen LogP contribution in [-0.2, 0) is 9.53 Å². The summed E-state index contributed by atoms with van der Waals surface area (Å²) in [5.41, 5.74) is -1.25. The zero-order chi connectivity index (χ0) is 13.2. The lowest BCUT2D eigenvalue weighted by molar-refractivity contribution is -0.144. The van der Waals surface area contributed by atoms with Crippen LogP contribution in [0.25, 0.3) is 0 Å². The lowest BCUT2D eigenvalue weighted by atomic mass is 9.99. The number of carbonyl (C=O) groups is 2. The number of amides is 2. The van der Waals surface area contributed by atoms with Crippen molar-refractivity contribution in [3.63, 3.8) is 0 Å². The Labute approximate surface area is 110 Å². The van der Waals surface area contributed by atoms with Crippen LogP contribution in [0.4, 0.5) is 4.79 Å². The molecule has 0 spiro atoms. The first-order valence-electron chi connectivity index (χ1n) is 6.03. The van der Waals surface area contributed by atoms with Crippen molar-refractivity contribution in [3.8, 4) is 0 Å². The average Bonchev–Trinajstić information content (AvgIpc) is 2.79. The minimum atomic E-state index is -1.25. The van der Waals surface area contributed by atoms with Gasteiger partial charge in [-0.3, -0.25) is 0 Å². The number of hydrogen-bond donors (Lipinski definition) is 2. The molecular formula is C11H18N2O4S. The quantitative estimate of drug-likeness (QED) is 0.761. The van der Waals surface area contributed by atoms with Crippen molar-refractivity contribution in [2.75, 3.05) is 32.1 Å². The summed E-state index contributed by atoms with van der Waals surface area (Å²) in [4.78, 5) is 25.1. The third kappa shape index (κ3) is 2.72. The van der Waals surface area contributed by atoms with E-state index in [0.717, 1.165) is 5.75 Å². The van der Waals surface area contributed by atoms with Crippen LogP contribution in [0.2, 0.25) is 0 Å². The first-order chi connectivity index (χ1) is 8.53. The van der Waals surface area contributed by atoms with Gasteiger partial charge in [-0.1, -0.05) is 6.92 Å². The van der Waals surface area contributed by atoms with Crippen molar-refractivity contribution in [1.29, 1.82) is 0 Å². The van der Waals surface area contributed by atoms with E-state index in [2.05, 4.69) is 12.2 Å². The maximum Gasteiger partial charge on any atom is 0.332 e. The van der Waals surface area contributed by atoms with Crippen molar-refractivity contribution in [3.05, 3.63) is 0 Å². The van der Waals surface area contributed by atoms with Crippen LogP contribution < -0.4 is 5.32 Å². The Morgan fingerprint density at radius 1 is 1.56 bits per heavy atom. The van der Waals surface area contributed by atoms with Gasteiger partial charge < -0.3 is 20.1 Å². The summed E-state index contributed by atoms with van der Waals surface area (Å²) in [6.07, 6.45) is 0.326. The maximum atomic E-state index is 12.1. The van der Waals surface area contributed by atoms with Gasteiger partial charge in [-0.2, -0.15) is 11.8 Å². The van der Waals surface area contributed by atoms with Gasteiger partial charge in [0.2, 0.25) is 0 Å². The Morgan fingerprint density at radius 3 is 2.89 bits per heavy atom. The molecule has 2 amide bonds. The number of aliphatic carboxylic acids is 1. The molecule has 0 saturated carbocycles. The standard InChI is InChI=1S/C11H18N2O4S/c1-8-6-13(3-5-18-8)10(16)12-11(9(14)15)2-4-17-7-11/h8H,2-7H2,1H3,(H,12,16)(H,14,15). The molecule has 0 aromatic heterocycles. The van der Waals surface area contributed by atoms with Gasteiger partial charge in [-0.15, -0.1) is 0 Å². The van der Waals surface area contributed by atoms with Crippen molar-refractivity contribution >= 4 is 23.8 Å². The van der Waals surface area contributed by atoms with Gasteiger partial charge in [-0.25, -0.2) is 9.59 Å². The summed E-state index contributed by atoms with van der Waals surface area (Å²) in [5.74, 6) is -0.127. The predicted octanol–water partition coefficient (Wildman–Crippen LogP) is 0.377. The Balaban J connectivity index is 1.99. The fourth-order valence-corrected chi connectivity index (χ4v) is 3.19. The smallest absolute Gasteiger partial charge is 0.332 e. The highest BCUT2D eigenvalue weighted by atomic mass is 32.2. The van der Waals surface area contributed by atoms with Gasteiger partial charge >= 0.3 is 12.0 Å². The number of hydrogen-bond acceptors (Lipinski definition) is 4. The van der Waals surface area contributed by atoms with Gasteiger partial charge in [0.1, 0.15) is 0 Å². The number of thioether (sulfide) groups is 1. The second-order valence-corrected chi connectivity index (χ2v) is 6.29. The first kappa shape index (κ1) is 13.5. The molecule has 2 atom stereocenters. The van der Waals surface area contributed by atoms with E-state index >= 15 is 0 Å². The summed E-state index contributed by atoms with van der Waals surface area (Å²) in [6, 6.07) is -0.296. The first-order valence-corrected chi connectivity index (χ1v) is 7.08. The highest BCUT2D eigenvalue weighted by Crippen LogP contribution is 2.21. The molecule has 2 aliphatic heterocycles. The number of ether oxygens (including phenoxy) is 1. The number of rotatable bonds is 2. The molecule has 0 aromatic rings. The molecule has 0 aliphatic carbocycles. The number of nitrogens with one attached hydrogen (secondary N) is 1. The van der Waals surface area contributed by atoms with Crippen LogP contribution in [0.1, 0.15) is 13.3 Å². The summed E-state index contributed by atoms with van der Waals surface area (Å²) < 4.78 is 5.11. The Hall–Kier alpha value is -0.950. The van der Waals surface area contributed by atoms with Gasteiger partial charge in [0.25, 0.3) is 0 Å². The minimum Gasteiger partial charge on any atom is -0.479 e. The predicted molar refractivity (Wildman–Crippen MR) is 67.8 cm³/mol. The Kier molecular flexibility index (Phi) is 4.01. The van der Waals surface area contributed by atoms with E-state index in [9.17, 15) is 14.7 Å². The molecular weight excluding hydrogens is 256 g/mol. The molecule has 102 valence electrons. The summed E-state index contributed by atoms with van der Waals surface area (Å²) in [7, 11) is 0. The molecule has 2 saturated heterocycles. The van der Waals surface area contributed by atoms with Crippen LogP contribution in [0.5, 0.6) is 0 Å². The minimum absolute atomic E-state index is 0.0478. The van der Waals surface area contributed by atoms with Gasteiger partial charge in [0, 0.05) is 37.1 Å². The molecule has 2 rings (SSSR count). The van der Waals surface area contributed by atoms with Gasteiger partial charge in [0.05, 0.1) is 6.61 Å². The van der Waals surface area contributed by atoms with Crippen molar-refractivity contribution < 1.29 is 19.4 Å². The van der Waals surface area contributed by atoms with Crippen LogP contribution in [0, 0.1) is 0 Å². The van der Waals surface area contributed by atoms with Crippen molar-refractivity contribution in [1.82, 2.24) is 10.2 Å². The molecule has 2 aliphatic rings. The summed E-state index contributed by atoms with van der Waals surface area (Å²) in [5, 5.41) is 12.3. The maximum absolute atomic E-state index is 12.1. The average molecular weight is 274 g/mol. The van der Waals surface area contributed by atoms with E-state index in [1.165, 1.54) is 0 Å². The number of carboxylic acid groups (broad SMARTS) is 1. The molecule has 0 bridgehead atoms. The van der Waals surface area contributed by atoms with E-state index < -0.39 is 11.5 Å². The fourth-order valence-electron chi connectivity index (χ4n) is 2.17. The number of carbonyl (C=O) groups excluding carboxylic acids is 1. The van der Waals surface area contributed by atoms with Crippen LogP contribution in [-0.4, -0.2) is 64.9 Å². The molecule has 0 aromatic carbocycles. The highest BCUT2D eigenvalue weighted by molar-refractivity contribution is 7.99. The highest BCUT2D eigenvalue weighted by Gasteiger charge is 2.44. The van der Waals surface area contributed by atoms with Gasteiger partial charge in [0.15, 0.2) is 5.54 Å². The lowest BCUT2D eigenvalue weighted by Gasteiger charge is -2.33. The lowest BCUT2D eigenvalue weighted by Crippen LogP contribution is -2.59. The molecule has 2 fully saturated rings. The second kappa shape index (κ2) is 5.36. The number of urea groups is 1. The zero-order valence-electron chi connectivity index (χ0n) is 10.3. The normalized spacial score (nSPS) is 32.3. The molecule has 18 heavy (non-hydrogen) atoms. The van der Waals surface area contributed by atoms with Crippen LogP contribution >= 0.6 is 11.8 Å². The summed E-state index contributed by atoms with van der Waals surface area (Å²) >= 11 is 1.82. The fraction of sp³-hybridized carbons (Fsp3) is 0.818. The van der Waals surface area contributed by atoms with E-state index in [1.807, 2.05) is 11.8 Å². The largest absolute Gasteiger partial charge is 0.479 e. The molecule has 6 nitrogen and oxygen atoms in total. The monoisotopic (exact) mass is 274 g/mol. The topological polar surface area (TPSA) is 78.9 Å². The van der Waals surface area contributed by atoms with E-state index in [0.29, 0.717) is 31.4 Å². The molecule has 2 N–H and O–H groups in total. The molecule has 7 heteroatoms. The third-order valence-electron chi connectivity index (χ3n) is 3.31. The van der Waals surface area contributed by atoms with E-state index in [1.54, 1.807) is 4.90 Å². The van der Waals surface area contributed by atoms with Crippen molar-refractivity contribution in [2.45, 2.75) is 24.1 Å². The molecule has 2 unspecified atom stereocenters. The number of nitrogens with zero attached hydrogens (tertiary/aromatic N) is 1. The second-order valence-electron chi connectivity index (χ2n) is 4.75. The van der Waals surface area contributed by atoms with E-state index in [4.69, 9.17) is 4.74 Å². The summed E-state index contributed by atoms with van der Waals surface area (Å²) in [6.45, 7) is 3.81. The van der Waals surface area contributed by atoms with Gasteiger partial charge in [-0.05, 0) is 0 Å². The Bertz CT molecular complexity index is 344. The van der Waals surface area contributed by atoms with Crippen LogP contribution in [0.3, 0.4) is 0 Å². The Morgan fingerprint density at radius 2 is 2.33 bits per heavy atom. The molecule has 0 radical (unpaired) electrons.